The zero-order chi connectivity index (χ0) is 8.69. The van der Waals surface area contributed by atoms with Gasteiger partial charge in [-0.1, -0.05) is 0 Å². The molecule has 0 N–H and O–H groups in total. The van der Waals surface area contributed by atoms with Gasteiger partial charge in [-0.15, -0.1) is 0 Å². The standard InChI is InChI=1S/C7H12O4.Al.3H/c1-3-10-6(8)5-7(9)11-4-2;;;;/h3-5H2,1-2H3;;;;. The number of carbonyl (C=O) groups excluding carboxylic acids is 2. The van der Waals surface area contributed by atoms with Crippen LogP contribution in [0.15, 0.2) is 0 Å². The average Bonchev–Trinajstić information content (AvgIpc) is 1.87. The highest BCUT2D eigenvalue weighted by molar-refractivity contribution is 5.91. The van der Waals surface area contributed by atoms with Gasteiger partial charge >= 0.3 is 11.9 Å². The Bertz CT molecular complexity index is 130. The molecule has 0 unspecified atom stereocenters. The van der Waals surface area contributed by atoms with Crippen molar-refractivity contribution in [1.29, 1.82) is 0 Å². The molecule has 0 aliphatic rings. The smallest absolute Gasteiger partial charge is 0.317 e. The van der Waals surface area contributed by atoms with Crippen molar-refractivity contribution in [2.24, 2.45) is 0 Å². The van der Waals surface area contributed by atoms with Crippen LogP contribution in [0.5, 0.6) is 0 Å². The van der Waals surface area contributed by atoms with Crippen molar-refractivity contribution in [3.63, 3.8) is 0 Å². The first kappa shape index (κ1) is 14.0. The van der Waals surface area contributed by atoms with Gasteiger partial charge in [-0.25, -0.2) is 0 Å². The second-order valence-corrected chi connectivity index (χ2v) is 1.79. The van der Waals surface area contributed by atoms with Crippen LogP contribution in [0.4, 0.5) is 0 Å². The molecule has 0 spiro atoms. The lowest BCUT2D eigenvalue weighted by atomic mass is 10.4. The lowest BCUT2D eigenvalue weighted by molar-refractivity contribution is -0.153. The van der Waals surface area contributed by atoms with Crippen molar-refractivity contribution in [2.45, 2.75) is 20.3 Å². The second-order valence-electron chi connectivity index (χ2n) is 1.79. The van der Waals surface area contributed by atoms with Gasteiger partial charge in [-0.2, -0.15) is 0 Å². The van der Waals surface area contributed by atoms with Crippen LogP contribution in [0.1, 0.15) is 20.3 Å². The molecule has 0 radical (unpaired) electrons. The highest BCUT2D eigenvalue weighted by Gasteiger charge is 2.09. The molecule has 0 fully saturated rings. The Labute approximate surface area is 82.4 Å². The molecule has 0 aliphatic heterocycles. The first-order chi connectivity index (χ1) is 5.20. The molecule has 0 aromatic carbocycles. The molecule has 0 amide bonds. The molecule has 0 aliphatic carbocycles. The molecule has 5 heteroatoms. The molecular formula is C7H15AlO4. The molecule has 12 heavy (non-hydrogen) atoms. The molecule has 4 nitrogen and oxygen atoms in total. The third-order valence-corrected chi connectivity index (χ3v) is 0.899. The maximum Gasteiger partial charge on any atom is 0.317 e. The Morgan fingerprint density at radius 1 is 1.00 bits per heavy atom. The van der Waals surface area contributed by atoms with Crippen molar-refractivity contribution in [2.75, 3.05) is 13.2 Å². The van der Waals surface area contributed by atoms with Gasteiger partial charge in [0, 0.05) is 0 Å². The lowest BCUT2D eigenvalue weighted by Crippen LogP contribution is -2.13. The summed E-state index contributed by atoms with van der Waals surface area (Å²) >= 11 is 0. The second kappa shape index (κ2) is 8.57. The predicted molar refractivity (Wildman–Crippen MR) is 47.8 cm³/mol. The maximum absolute atomic E-state index is 10.6. The summed E-state index contributed by atoms with van der Waals surface area (Å²) in [6, 6.07) is 0. The van der Waals surface area contributed by atoms with Gasteiger partial charge < -0.3 is 9.47 Å². The summed E-state index contributed by atoms with van der Waals surface area (Å²) in [7, 11) is 0. The van der Waals surface area contributed by atoms with Crippen LogP contribution in [-0.4, -0.2) is 42.5 Å². The zero-order valence-corrected chi connectivity index (χ0v) is 6.75. The average molecular weight is 190 g/mol. The van der Waals surface area contributed by atoms with Crippen LogP contribution >= 0.6 is 0 Å². The van der Waals surface area contributed by atoms with Crippen LogP contribution < -0.4 is 0 Å². The molecule has 0 aromatic rings. The van der Waals surface area contributed by atoms with E-state index in [2.05, 4.69) is 9.47 Å². The first-order valence-electron chi connectivity index (χ1n) is 3.52. The van der Waals surface area contributed by atoms with E-state index in [0.717, 1.165) is 0 Å². The molecule has 0 aromatic heterocycles. The molecule has 0 saturated carbocycles. The Morgan fingerprint density at radius 2 is 1.33 bits per heavy atom. The van der Waals surface area contributed by atoms with Gasteiger partial charge in [-0.3, -0.25) is 9.59 Å². The Hall–Kier alpha value is -0.528. The van der Waals surface area contributed by atoms with E-state index in [-0.39, 0.29) is 37.0 Å². The zero-order valence-electron chi connectivity index (χ0n) is 6.75. The van der Waals surface area contributed by atoms with E-state index in [1.54, 1.807) is 13.8 Å². The number of carbonyl (C=O) groups is 2. The fourth-order valence-electron chi connectivity index (χ4n) is 0.542. The van der Waals surface area contributed by atoms with E-state index in [1.807, 2.05) is 0 Å². The van der Waals surface area contributed by atoms with Crippen molar-refractivity contribution in [1.82, 2.24) is 0 Å². The monoisotopic (exact) mass is 190 g/mol. The maximum atomic E-state index is 10.6. The molecule has 0 heterocycles. The molecule has 70 valence electrons. The Morgan fingerprint density at radius 3 is 1.58 bits per heavy atom. The minimum atomic E-state index is -0.536. The topological polar surface area (TPSA) is 52.6 Å². The summed E-state index contributed by atoms with van der Waals surface area (Å²) < 4.78 is 9.04. The van der Waals surface area contributed by atoms with Gasteiger partial charge in [-0.05, 0) is 13.8 Å². The van der Waals surface area contributed by atoms with Crippen LogP contribution in [0.2, 0.25) is 0 Å². The molecule has 0 atom stereocenters. The van der Waals surface area contributed by atoms with E-state index in [9.17, 15) is 9.59 Å². The summed E-state index contributed by atoms with van der Waals surface area (Å²) in [4.78, 5) is 21.2. The van der Waals surface area contributed by atoms with Crippen molar-refractivity contribution in [3.05, 3.63) is 0 Å². The van der Waals surface area contributed by atoms with Crippen molar-refractivity contribution in [3.8, 4) is 0 Å². The third kappa shape index (κ3) is 7.58. The van der Waals surface area contributed by atoms with Crippen LogP contribution in [0.3, 0.4) is 0 Å². The third-order valence-electron chi connectivity index (χ3n) is 0.899. The number of ether oxygens (including phenoxy) is 2. The van der Waals surface area contributed by atoms with Gasteiger partial charge in [0.05, 0.1) is 13.2 Å². The summed E-state index contributed by atoms with van der Waals surface area (Å²) in [6.45, 7) is 3.95. The van der Waals surface area contributed by atoms with Gasteiger partial charge in [0.15, 0.2) is 17.4 Å². The van der Waals surface area contributed by atoms with Crippen LogP contribution in [-0.2, 0) is 19.1 Å². The van der Waals surface area contributed by atoms with Crippen LogP contribution in [0, 0.1) is 0 Å². The number of rotatable bonds is 4. The van der Waals surface area contributed by atoms with E-state index >= 15 is 0 Å². The minimum absolute atomic E-state index is 0. The summed E-state index contributed by atoms with van der Waals surface area (Å²) in [5.74, 6) is -1.07. The largest absolute Gasteiger partial charge is 0.466 e. The molecule has 0 rings (SSSR count). The Balaban J connectivity index is 0. The van der Waals surface area contributed by atoms with E-state index < -0.39 is 11.9 Å². The van der Waals surface area contributed by atoms with Gasteiger partial charge in [0.25, 0.3) is 0 Å². The quantitative estimate of drug-likeness (QED) is 0.335. The SMILES string of the molecule is CCOC(=O)CC(=O)OCC.[AlH3]. The van der Waals surface area contributed by atoms with Crippen LogP contribution in [0.25, 0.3) is 0 Å². The predicted octanol–water partition coefficient (Wildman–Crippen LogP) is -0.681. The summed E-state index contributed by atoms with van der Waals surface area (Å²) in [6.07, 6.45) is -0.290. The summed E-state index contributed by atoms with van der Waals surface area (Å²) in [5, 5.41) is 0. The fourth-order valence-corrected chi connectivity index (χ4v) is 0.542. The van der Waals surface area contributed by atoms with E-state index in [4.69, 9.17) is 0 Å². The molecular weight excluding hydrogens is 175 g/mol. The number of hydrogen-bond acceptors (Lipinski definition) is 4. The highest BCUT2D eigenvalue weighted by atomic mass is 27.0. The van der Waals surface area contributed by atoms with E-state index in [1.165, 1.54) is 0 Å². The van der Waals surface area contributed by atoms with Crippen molar-refractivity contribution < 1.29 is 19.1 Å². The van der Waals surface area contributed by atoms with Crippen molar-refractivity contribution >= 4 is 29.3 Å². The fraction of sp³-hybridized carbons (Fsp3) is 0.714. The highest BCUT2D eigenvalue weighted by Crippen LogP contribution is 1.89. The summed E-state index contributed by atoms with van der Waals surface area (Å²) in [5.41, 5.74) is 0. The lowest BCUT2D eigenvalue weighted by Gasteiger charge is -2.00. The molecule has 0 saturated heterocycles. The number of esters is 2. The van der Waals surface area contributed by atoms with Gasteiger partial charge in [0.1, 0.15) is 6.42 Å². The minimum Gasteiger partial charge on any atom is -0.466 e. The molecule has 0 bridgehead atoms. The Kier molecular flexibility index (Phi) is 10.0. The normalized spacial score (nSPS) is 8.17. The van der Waals surface area contributed by atoms with E-state index in [0.29, 0.717) is 0 Å². The van der Waals surface area contributed by atoms with Gasteiger partial charge in [0.2, 0.25) is 0 Å². The first-order valence-corrected chi connectivity index (χ1v) is 3.52. The number of hydrogen-bond donors (Lipinski definition) is 0.